The topological polar surface area (TPSA) is 175 Å². The third-order valence-electron chi connectivity index (χ3n) is 6.43. The summed E-state index contributed by atoms with van der Waals surface area (Å²) in [4.78, 5) is 12.9. The smallest absolute Gasteiger partial charge is 0.336 e. The van der Waals surface area contributed by atoms with Crippen molar-refractivity contribution in [3.8, 4) is 0 Å². The van der Waals surface area contributed by atoms with Crippen molar-refractivity contribution in [3.05, 3.63) is 11.1 Å². The Kier molecular flexibility index (Phi) is 7.96. The molecule has 32 heavy (non-hydrogen) atoms. The highest BCUT2D eigenvalue weighted by molar-refractivity contribution is 5.91. The molecule has 0 bridgehead atoms. The Morgan fingerprint density at radius 3 is 2.31 bits per heavy atom. The van der Waals surface area contributed by atoms with E-state index >= 15 is 0 Å². The number of ether oxygens (including phenoxy) is 4. The maximum Gasteiger partial charge on any atom is 0.336 e. The van der Waals surface area contributed by atoms with Crippen molar-refractivity contribution in [3.63, 3.8) is 0 Å². The van der Waals surface area contributed by atoms with Gasteiger partial charge in [0.05, 0.1) is 13.2 Å². The Bertz CT molecular complexity index is 708. The lowest BCUT2D eigenvalue weighted by Crippen LogP contribution is -2.60. The van der Waals surface area contributed by atoms with Crippen LogP contribution in [0.5, 0.6) is 0 Å². The van der Waals surface area contributed by atoms with Crippen LogP contribution in [-0.2, 0) is 23.7 Å². The molecule has 9 atom stereocenters. The van der Waals surface area contributed by atoms with Crippen molar-refractivity contribution >= 4 is 5.97 Å². The third kappa shape index (κ3) is 5.16. The summed E-state index contributed by atoms with van der Waals surface area (Å²) in [6.07, 6.45) is -10.9. The van der Waals surface area contributed by atoms with Crippen LogP contribution in [-0.4, -0.2) is 105 Å². The molecule has 3 aliphatic rings. The fourth-order valence-electron chi connectivity index (χ4n) is 4.51. The molecule has 2 saturated heterocycles. The predicted molar refractivity (Wildman–Crippen MR) is 107 cm³/mol. The fourth-order valence-corrected chi connectivity index (χ4v) is 4.51. The van der Waals surface area contributed by atoms with Crippen molar-refractivity contribution in [1.82, 2.24) is 0 Å². The Hall–Kier alpha value is -1.15. The summed E-state index contributed by atoms with van der Waals surface area (Å²) in [5.74, 6) is -0.664. The second kappa shape index (κ2) is 10.00. The molecule has 1 aliphatic carbocycles. The lowest BCUT2D eigenvalue weighted by atomic mass is 9.73. The van der Waals surface area contributed by atoms with Crippen LogP contribution in [0, 0.1) is 5.41 Å². The van der Waals surface area contributed by atoms with Crippen molar-refractivity contribution in [1.29, 1.82) is 0 Å². The SMILES string of the molecule is CC1=C(C(=O)O[C@@H]2O[C@H](CO[C@@H]3OC[C@H](O)[C@H](O)[C@H]3O)[C@@H](O)[C@H](O)[C@H]2O)C(C)(C)CCC1. The van der Waals surface area contributed by atoms with Gasteiger partial charge in [-0.2, -0.15) is 0 Å². The first-order valence-corrected chi connectivity index (χ1v) is 10.8. The van der Waals surface area contributed by atoms with Crippen molar-refractivity contribution in [2.75, 3.05) is 13.2 Å². The second-order valence-electron chi connectivity index (χ2n) is 9.40. The number of aliphatic hydroxyl groups is 6. The largest absolute Gasteiger partial charge is 0.429 e. The minimum absolute atomic E-state index is 0.275. The second-order valence-corrected chi connectivity index (χ2v) is 9.40. The van der Waals surface area contributed by atoms with Gasteiger partial charge < -0.3 is 49.6 Å². The molecular formula is C21H34O11. The van der Waals surface area contributed by atoms with E-state index in [1.807, 2.05) is 20.8 Å². The van der Waals surface area contributed by atoms with E-state index in [1.165, 1.54) is 0 Å². The van der Waals surface area contributed by atoms with E-state index in [0.717, 1.165) is 24.8 Å². The highest BCUT2D eigenvalue weighted by atomic mass is 16.7. The van der Waals surface area contributed by atoms with E-state index < -0.39 is 73.3 Å². The number of esters is 1. The monoisotopic (exact) mass is 462 g/mol. The molecular weight excluding hydrogens is 428 g/mol. The number of hydrogen-bond donors (Lipinski definition) is 6. The molecule has 11 nitrogen and oxygen atoms in total. The normalized spacial score (nSPS) is 42.6. The minimum atomic E-state index is -1.69. The van der Waals surface area contributed by atoms with E-state index in [4.69, 9.17) is 18.9 Å². The Balaban J connectivity index is 1.66. The average Bonchev–Trinajstić information content (AvgIpc) is 2.72. The van der Waals surface area contributed by atoms with Crippen LogP contribution in [0.3, 0.4) is 0 Å². The lowest BCUT2D eigenvalue weighted by Gasteiger charge is -2.41. The van der Waals surface area contributed by atoms with Crippen LogP contribution in [0.4, 0.5) is 0 Å². The van der Waals surface area contributed by atoms with Crippen molar-refractivity contribution < 1.29 is 54.4 Å². The van der Waals surface area contributed by atoms with Crippen LogP contribution < -0.4 is 0 Å². The third-order valence-corrected chi connectivity index (χ3v) is 6.43. The maximum atomic E-state index is 12.9. The van der Waals surface area contributed by atoms with E-state index in [-0.39, 0.29) is 6.61 Å². The Labute approximate surface area is 186 Å². The molecule has 0 saturated carbocycles. The average molecular weight is 462 g/mol. The molecule has 6 N–H and O–H groups in total. The summed E-state index contributed by atoms with van der Waals surface area (Å²) in [5, 5.41) is 60.0. The first-order chi connectivity index (χ1) is 14.9. The van der Waals surface area contributed by atoms with E-state index in [2.05, 4.69) is 0 Å². The minimum Gasteiger partial charge on any atom is -0.429 e. The first kappa shape index (κ1) is 25.5. The lowest BCUT2D eigenvalue weighted by molar-refractivity contribution is -0.314. The van der Waals surface area contributed by atoms with Gasteiger partial charge in [-0.15, -0.1) is 0 Å². The fraction of sp³-hybridized carbons (Fsp3) is 0.857. The van der Waals surface area contributed by atoms with E-state index in [9.17, 15) is 35.4 Å². The molecule has 0 unspecified atom stereocenters. The molecule has 0 radical (unpaired) electrons. The molecule has 184 valence electrons. The van der Waals surface area contributed by atoms with Gasteiger partial charge in [-0.25, -0.2) is 4.79 Å². The maximum absolute atomic E-state index is 12.9. The summed E-state index contributed by atoms with van der Waals surface area (Å²) in [7, 11) is 0. The molecule has 0 aromatic carbocycles. The van der Waals surface area contributed by atoms with E-state index in [1.54, 1.807) is 0 Å². The zero-order valence-electron chi connectivity index (χ0n) is 18.5. The summed E-state index contributed by atoms with van der Waals surface area (Å²) in [5.41, 5.74) is 0.972. The summed E-state index contributed by atoms with van der Waals surface area (Å²) >= 11 is 0. The molecule has 2 fully saturated rings. The van der Waals surface area contributed by atoms with Crippen LogP contribution >= 0.6 is 0 Å². The van der Waals surface area contributed by atoms with Crippen molar-refractivity contribution in [2.24, 2.45) is 5.41 Å². The van der Waals surface area contributed by atoms with Gasteiger partial charge in [0, 0.05) is 5.57 Å². The van der Waals surface area contributed by atoms with Gasteiger partial charge in [-0.3, -0.25) is 0 Å². The van der Waals surface area contributed by atoms with Gasteiger partial charge in [-0.1, -0.05) is 19.4 Å². The highest BCUT2D eigenvalue weighted by Crippen LogP contribution is 2.41. The number of aliphatic hydroxyl groups excluding tert-OH is 6. The number of allylic oxidation sites excluding steroid dienone is 1. The van der Waals surface area contributed by atoms with Gasteiger partial charge in [0.1, 0.15) is 42.7 Å². The Morgan fingerprint density at radius 1 is 1.00 bits per heavy atom. The highest BCUT2D eigenvalue weighted by Gasteiger charge is 2.47. The van der Waals surface area contributed by atoms with Gasteiger partial charge >= 0.3 is 5.97 Å². The molecule has 2 heterocycles. The first-order valence-electron chi connectivity index (χ1n) is 10.8. The molecule has 0 spiro atoms. The predicted octanol–water partition coefficient (Wildman–Crippen LogP) is -1.68. The Morgan fingerprint density at radius 2 is 1.66 bits per heavy atom. The van der Waals surface area contributed by atoms with Gasteiger partial charge in [0.2, 0.25) is 6.29 Å². The zero-order chi connectivity index (χ0) is 23.8. The number of carbonyl (C=O) groups is 1. The van der Waals surface area contributed by atoms with Crippen molar-refractivity contribution in [2.45, 2.75) is 95.3 Å². The standard InChI is InChI=1S/C21H34O11/c1-9-5-4-6-21(2,3)12(9)18(28)32-20-17(27)15(25)14(24)11(31-20)8-30-19-16(26)13(23)10(22)7-29-19/h10-11,13-17,19-20,22-27H,4-8H2,1-3H3/t10-,11+,13-,14+,15-,16+,17+,19-,20-/m0/s1. The number of carbonyl (C=O) groups excluding carboxylic acids is 1. The molecule has 0 amide bonds. The molecule has 2 aliphatic heterocycles. The van der Waals surface area contributed by atoms with Gasteiger partial charge in [0.15, 0.2) is 6.29 Å². The van der Waals surface area contributed by atoms with Crippen LogP contribution in [0.1, 0.15) is 40.0 Å². The van der Waals surface area contributed by atoms with Crippen LogP contribution in [0.25, 0.3) is 0 Å². The van der Waals surface area contributed by atoms with Crippen LogP contribution in [0.15, 0.2) is 11.1 Å². The zero-order valence-corrected chi connectivity index (χ0v) is 18.5. The summed E-state index contributed by atoms with van der Waals surface area (Å²) < 4.78 is 21.4. The molecule has 11 heteroatoms. The quantitative estimate of drug-likeness (QED) is 0.257. The van der Waals surface area contributed by atoms with Crippen LogP contribution in [0.2, 0.25) is 0 Å². The molecule has 0 aromatic rings. The molecule has 0 aromatic heterocycles. The number of hydrogen-bond acceptors (Lipinski definition) is 11. The summed E-state index contributed by atoms with van der Waals surface area (Å²) in [6, 6.07) is 0. The van der Waals surface area contributed by atoms with E-state index in [0.29, 0.717) is 5.57 Å². The molecule has 3 rings (SSSR count). The number of rotatable bonds is 5. The van der Waals surface area contributed by atoms with Gasteiger partial charge in [0.25, 0.3) is 0 Å². The summed E-state index contributed by atoms with van der Waals surface area (Å²) in [6.45, 7) is 5.02. The van der Waals surface area contributed by atoms with Gasteiger partial charge in [-0.05, 0) is 31.6 Å².